The van der Waals surface area contributed by atoms with Crippen molar-refractivity contribution in [3.8, 4) is 22.8 Å². The molecule has 0 aliphatic heterocycles. The molecule has 0 saturated heterocycles. The summed E-state index contributed by atoms with van der Waals surface area (Å²) in [5.74, 6) is 0.998. The second-order valence-electron chi connectivity index (χ2n) is 4.49. The Hall–Kier alpha value is -3.42. The zero-order valence-electron chi connectivity index (χ0n) is 11.4. The predicted octanol–water partition coefficient (Wildman–Crippen LogP) is 1.30. The Morgan fingerprint density at radius 1 is 0.545 bits per heavy atom. The van der Waals surface area contributed by atoms with Crippen LogP contribution in [0.4, 0.5) is 0 Å². The normalized spacial score (nSPS) is 10.7. The molecule has 0 radical (unpaired) electrons. The Kier molecular flexibility index (Phi) is 2.90. The van der Waals surface area contributed by atoms with Crippen molar-refractivity contribution < 1.29 is 0 Å². The number of nitrogens with zero attached hydrogens (tertiary/aromatic N) is 8. The van der Waals surface area contributed by atoms with Crippen molar-refractivity contribution in [3.05, 3.63) is 60.7 Å². The van der Waals surface area contributed by atoms with Crippen molar-refractivity contribution in [2.45, 2.75) is 0 Å². The number of aromatic nitrogens is 8. The molecule has 0 N–H and O–H groups in total. The molecule has 106 valence electrons. The third-order valence-electron chi connectivity index (χ3n) is 3.03. The van der Waals surface area contributed by atoms with Crippen molar-refractivity contribution in [1.29, 1.82) is 0 Å². The molecule has 0 unspecified atom stereocenters. The van der Waals surface area contributed by atoms with Crippen LogP contribution in [0.1, 0.15) is 0 Å². The van der Waals surface area contributed by atoms with E-state index in [1.54, 1.807) is 0 Å². The average Bonchev–Trinajstić information content (AvgIpc) is 3.26. The number of hydrogen-bond acceptors (Lipinski definition) is 6. The van der Waals surface area contributed by atoms with Crippen LogP contribution >= 0.6 is 0 Å². The SMILES string of the molecule is c1ccc(-c2nnn(-n3nnc(-c4ccccc4)n3)n2)cc1. The number of tetrazole rings is 2. The Labute approximate surface area is 125 Å². The van der Waals surface area contributed by atoms with Crippen molar-refractivity contribution in [2.24, 2.45) is 0 Å². The van der Waals surface area contributed by atoms with Crippen LogP contribution in [0.2, 0.25) is 0 Å². The van der Waals surface area contributed by atoms with E-state index in [9.17, 15) is 0 Å². The van der Waals surface area contributed by atoms with E-state index in [1.807, 2.05) is 60.7 Å². The molecule has 0 aliphatic carbocycles. The molecule has 0 saturated carbocycles. The van der Waals surface area contributed by atoms with Gasteiger partial charge in [0.1, 0.15) is 0 Å². The molecule has 2 aromatic carbocycles. The molecule has 0 atom stereocenters. The molecule has 4 aromatic rings. The first-order chi connectivity index (χ1) is 10.9. The van der Waals surface area contributed by atoms with Gasteiger partial charge in [-0.3, -0.25) is 0 Å². The number of hydrogen-bond donors (Lipinski definition) is 0. The van der Waals surface area contributed by atoms with Crippen molar-refractivity contribution in [3.63, 3.8) is 0 Å². The second-order valence-corrected chi connectivity index (χ2v) is 4.49. The van der Waals surface area contributed by atoms with Gasteiger partial charge in [-0.25, -0.2) is 0 Å². The lowest BCUT2D eigenvalue weighted by Gasteiger charge is -1.93. The summed E-state index contributed by atoms with van der Waals surface area (Å²) in [6.07, 6.45) is 0. The van der Waals surface area contributed by atoms with E-state index in [0.717, 1.165) is 11.1 Å². The van der Waals surface area contributed by atoms with E-state index >= 15 is 0 Å². The summed E-state index contributed by atoms with van der Waals surface area (Å²) >= 11 is 0. The quantitative estimate of drug-likeness (QED) is 0.565. The third kappa shape index (κ3) is 2.22. The second kappa shape index (κ2) is 5.17. The van der Waals surface area contributed by atoms with Gasteiger partial charge in [-0.05, 0) is 20.2 Å². The predicted molar refractivity (Wildman–Crippen MR) is 77.3 cm³/mol. The minimum absolute atomic E-state index is 0.499. The molecule has 0 amide bonds. The summed E-state index contributed by atoms with van der Waals surface area (Å²) in [7, 11) is 0. The van der Waals surface area contributed by atoms with Gasteiger partial charge in [-0.1, -0.05) is 60.7 Å². The number of rotatable bonds is 3. The standard InChI is InChI=1S/C14H10N8/c1-3-7-11(8-4-1)13-15-19-21(17-13)22-18-14(16-20-22)12-9-5-2-6-10-12/h1-10H. The lowest BCUT2D eigenvalue weighted by molar-refractivity contribution is 0.373. The summed E-state index contributed by atoms with van der Waals surface area (Å²) in [4.78, 5) is 2.39. The first kappa shape index (κ1) is 12.3. The van der Waals surface area contributed by atoms with Crippen LogP contribution in [0.3, 0.4) is 0 Å². The summed E-state index contributed by atoms with van der Waals surface area (Å²) in [5, 5.41) is 24.4. The van der Waals surface area contributed by atoms with Crippen LogP contribution in [-0.4, -0.2) is 40.6 Å². The smallest absolute Gasteiger partial charge is 0.106 e. The van der Waals surface area contributed by atoms with E-state index < -0.39 is 0 Å². The molecule has 8 nitrogen and oxygen atoms in total. The topological polar surface area (TPSA) is 87.2 Å². The summed E-state index contributed by atoms with van der Waals surface area (Å²) in [6, 6.07) is 19.1. The minimum Gasteiger partial charge on any atom is -0.106 e. The van der Waals surface area contributed by atoms with E-state index in [2.05, 4.69) is 30.8 Å². The van der Waals surface area contributed by atoms with Gasteiger partial charge in [-0.15, -0.1) is 20.4 Å². The van der Waals surface area contributed by atoms with Gasteiger partial charge in [0.15, 0.2) is 0 Å². The van der Waals surface area contributed by atoms with Gasteiger partial charge in [0.2, 0.25) is 11.6 Å². The van der Waals surface area contributed by atoms with Crippen LogP contribution in [-0.2, 0) is 0 Å². The lowest BCUT2D eigenvalue weighted by Crippen LogP contribution is -2.16. The molecule has 0 spiro atoms. The maximum atomic E-state index is 4.25. The van der Waals surface area contributed by atoms with Gasteiger partial charge >= 0.3 is 0 Å². The molecule has 2 heterocycles. The monoisotopic (exact) mass is 290 g/mol. The van der Waals surface area contributed by atoms with E-state index in [1.165, 1.54) is 9.81 Å². The van der Waals surface area contributed by atoms with Crippen LogP contribution in [0, 0.1) is 0 Å². The first-order valence-electron chi connectivity index (χ1n) is 6.62. The summed E-state index contributed by atoms with van der Waals surface area (Å²) in [5.41, 5.74) is 1.74. The molecular formula is C14H10N8. The van der Waals surface area contributed by atoms with Crippen LogP contribution in [0.15, 0.2) is 60.7 Å². The highest BCUT2D eigenvalue weighted by molar-refractivity contribution is 5.53. The highest BCUT2D eigenvalue weighted by Gasteiger charge is 2.10. The van der Waals surface area contributed by atoms with Gasteiger partial charge in [0.05, 0.1) is 0 Å². The molecule has 8 heteroatoms. The Bertz CT molecular complexity index is 806. The van der Waals surface area contributed by atoms with E-state index in [-0.39, 0.29) is 0 Å². The maximum Gasteiger partial charge on any atom is 0.207 e. The van der Waals surface area contributed by atoms with Crippen molar-refractivity contribution in [2.75, 3.05) is 0 Å². The fourth-order valence-electron chi connectivity index (χ4n) is 1.97. The van der Waals surface area contributed by atoms with Gasteiger partial charge < -0.3 is 0 Å². The van der Waals surface area contributed by atoms with E-state index in [0.29, 0.717) is 11.6 Å². The fraction of sp³-hybridized carbons (Fsp3) is 0. The highest BCUT2D eigenvalue weighted by atomic mass is 15.9. The Balaban J connectivity index is 1.66. The average molecular weight is 290 g/mol. The van der Waals surface area contributed by atoms with Crippen LogP contribution < -0.4 is 0 Å². The molecule has 22 heavy (non-hydrogen) atoms. The molecule has 0 fully saturated rings. The number of benzene rings is 2. The first-order valence-corrected chi connectivity index (χ1v) is 6.62. The van der Waals surface area contributed by atoms with Gasteiger partial charge in [0.25, 0.3) is 0 Å². The van der Waals surface area contributed by atoms with Crippen molar-refractivity contribution in [1.82, 2.24) is 40.6 Å². The zero-order chi connectivity index (χ0) is 14.8. The molecular weight excluding hydrogens is 280 g/mol. The van der Waals surface area contributed by atoms with E-state index in [4.69, 9.17) is 0 Å². The Morgan fingerprint density at radius 3 is 1.36 bits per heavy atom. The molecule has 2 aromatic heterocycles. The molecule has 0 aliphatic rings. The van der Waals surface area contributed by atoms with Gasteiger partial charge in [0, 0.05) is 11.1 Å². The Morgan fingerprint density at radius 2 is 0.955 bits per heavy atom. The molecule has 4 rings (SSSR count). The minimum atomic E-state index is 0.499. The van der Waals surface area contributed by atoms with Gasteiger partial charge in [-0.2, -0.15) is 0 Å². The zero-order valence-corrected chi connectivity index (χ0v) is 11.4. The summed E-state index contributed by atoms with van der Waals surface area (Å²) < 4.78 is 0. The van der Waals surface area contributed by atoms with Crippen molar-refractivity contribution >= 4 is 0 Å². The molecule has 0 bridgehead atoms. The summed E-state index contributed by atoms with van der Waals surface area (Å²) in [6.45, 7) is 0. The maximum absolute atomic E-state index is 4.25. The van der Waals surface area contributed by atoms with Crippen LogP contribution in [0.25, 0.3) is 22.8 Å². The fourth-order valence-corrected chi connectivity index (χ4v) is 1.97. The lowest BCUT2D eigenvalue weighted by atomic mass is 10.2. The largest absolute Gasteiger partial charge is 0.207 e. The third-order valence-corrected chi connectivity index (χ3v) is 3.03. The van der Waals surface area contributed by atoms with Crippen LogP contribution in [0.5, 0.6) is 0 Å². The highest BCUT2D eigenvalue weighted by Crippen LogP contribution is 2.13.